The van der Waals surface area contributed by atoms with Gasteiger partial charge in [-0.1, -0.05) is 48.0 Å². The number of benzene rings is 2. The van der Waals surface area contributed by atoms with E-state index in [-0.39, 0.29) is 43.5 Å². The van der Waals surface area contributed by atoms with Crippen LogP contribution in [-0.4, -0.2) is 104 Å². The lowest BCUT2D eigenvalue weighted by molar-refractivity contribution is -0.134. The fourth-order valence-electron chi connectivity index (χ4n) is 3.89. The van der Waals surface area contributed by atoms with E-state index in [2.05, 4.69) is 4.72 Å². The molecule has 1 N–H and O–H groups in total. The topological polar surface area (TPSA) is 113 Å². The van der Waals surface area contributed by atoms with E-state index in [1.807, 2.05) is 37.3 Å². The van der Waals surface area contributed by atoms with Crippen LogP contribution in [0.25, 0.3) is 0 Å². The van der Waals surface area contributed by atoms with Gasteiger partial charge >= 0.3 is 0 Å². The molecule has 1 saturated heterocycles. The second-order valence-corrected chi connectivity index (χ2v) is 10.8. The highest BCUT2D eigenvalue weighted by molar-refractivity contribution is 7.89. The van der Waals surface area contributed by atoms with Crippen LogP contribution < -0.4 is 4.72 Å². The molecular weight excluding hydrogens is 524 g/mol. The highest BCUT2D eigenvalue weighted by atomic mass is 32.2. The number of hydrogen-bond donors (Lipinski definition) is 1. The maximum atomic E-state index is 13.8. The molecule has 2 aromatic rings. The number of nitrogens with one attached hydrogen (secondary N) is 1. The van der Waals surface area contributed by atoms with Gasteiger partial charge in [0.25, 0.3) is 0 Å². The smallest absolute Gasteiger partial charge is 0.241 e. The van der Waals surface area contributed by atoms with E-state index >= 15 is 0 Å². The molecule has 1 fully saturated rings. The maximum Gasteiger partial charge on any atom is 0.241 e. The molecule has 11 heteroatoms. The Hall–Kier alpha value is -2.38. The summed E-state index contributed by atoms with van der Waals surface area (Å²) in [6.45, 7) is 6.41. The van der Waals surface area contributed by atoms with Crippen molar-refractivity contribution < 1.29 is 36.9 Å². The Morgan fingerprint density at radius 1 is 0.744 bits per heavy atom. The fraction of sp³-hybridized carbons (Fsp3) is 0.536. The van der Waals surface area contributed by atoms with E-state index < -0.39 is 16.1 Å². The number of nitrogens with zero attached hydrogens (tertiary/aromatic N) is 1. The molecule has 0 bridgehead atoms. The third kappa shape index (κ3) is 11.7. The van der Waals surface area contributed by atoms with Gasteiger partial charge in [0.15, 0.2) is 0 Å². The van der Waals surface area contributed by atoms with E-state index in [1.165, 1.54) is 12.1 Å². The molecule has 10 nitrogen and oxygen atoms in total. The quantitative estimate of drug-likeness (QED) is 0.566. The second-order valence-electron chi connectivity index (χ2n) is 9.06. The molecule has 0 aromatic heterocycles. The van der Waals surface area contributed by atoms with Gasteiger partial charge in [-0.05, 0) is 31.0 Å². The summed E-state index contributed by atoms with van der Waals surface area (Å²) >= 11 is 0. The minimum Gasteiger partial charge on any atom is -0.377 e. The van der Waals surface area contributed by atoms with Crippen molar-refractivity contribution in [3.63, 3.8) is 0 Å². The molecule has 0 saturated carbocycles. The Balaban J connectivity index is 1.72. The van der Waals surface area contributed by atoms with Crippen LogP contribution in [0.15, 0.2) is 59.5 Å². The molecule has 3 rings (SSSR count). The summed E-state index contributed by atoms with van der Waals surface area (Å²) in [6, 6.07) is 14.9. The monoisotopic (exact) mass is 564 g/mol. The fourth-order valence-corrected chi connectivity index (χ4v) is 5.07. The lowest BCUT2D eigenvalue weighted by Gasteiger charge is -2.28. The van der Waals surface area contributed by atoms with Crippen LogP contribution in [0.5, 0.6) is 0 Å². The number of aryl methyl sites for hydroxylation is 1. The molecule has 2 aromatic carbocycles. The van der Waals surface area contributed by atoms with E-state index in [9.17, 15) is 13.2 Å². The first-order valence-electron chi connectivity index (χ1n) is 13.3. The van der Waals surface area contributed by atoms with Crippen LogP contribution in [0.4, 0.5) is 0 Å². The minimum atomic E-state index is -3.95. The molecular formula is C28H40N2O8S. The van der Waals surface area contributed by atoms with Crippen molar-refractivity contribution in [1.29, 1.82) is 0 Å². The van der Waals surface area contributed by atoms with Crippen molar-refractivity contribution in [2.75, 3.05) is 79.2 Å². The molecule has 216 valence electrons. The first-order chi connectivity index (χ1) is 19.0. The third-order valence-corrected chi connectivity index (χ3v) is 7.51. The number of sulfonamides is 1. The predicted octanol–water partition coefficient (Wildman–Crippen LogP) is 1.81. The number of ether oxygens (including phenoxy) is 5. The van der Waals surface area contributed by atoms with Gasteiger partial charge in [-0.25, -0.2) is 8.42 Å². The number of hydrogen-bond acceptors (Lipinski definition) is 8. The summed E-state index contributed by atoms with van der Waals surface area (Å²) in [5.41, 5.74) is 1.79. The van der Waals surface area contributed by atoms with Gasteiger partial charge in [0.05, 0.1) is 71.0 Å². The van der Waals surface area contributed by atoms with E-state index in [0.717, 1.165) is 11.1 Å². The Bertz CT molecular complexity index is 1050. The molecule has 39 heavy (non-hydrogen) atoms. The standard InChI is InChI=1S/C28H40N2O8S/c1-24-7-9-26(10-8-24)39(32,33)29-27(23-25-5-3-2-4-6-25)28(31)30-11-13-34-15-17-36-19-21-38-22-20-37-18-16-35-14-12-30/h2-10,27,29H,11-23H2,1H3/t27-/m0/s1. The summed E-state index contributed by atoms with van der Waals surface area (Å²) in [5.74, 6) is -0.346. The van der Waals surface area contributed by atoms with Gasteiger partial charge < -0.3 is 28.6 Å². The molecule has 0 aliphatic carbocycles. The Labute approximate surface area is 231 Å². The van der Waals surface area contributed by atoms with Crippen LogP contribution in [0.2, 0.25) is 0 Å². The van der Waals surface area contributed by atoms with Crippen LogP contribution in [0.1, 0.15) is 11.1 Å². The van der Waals surface area contributed by atoms with Gasteiger partial charge in [0.1, 0.15) is 6.04 Å². The number of rotatable bonds is 6. The van der Waals surface area contributed by atoms with Crippen molar-refractivity contribution in [3.8, 4) is 0 Å². The molecule has 0 spiro atoms. The average Bonchev–Trinajstić information content (AvgIpc) is 2.93. The van der Waals surface area contributed by atoms with Crippen molar-refractivity contribution in [1.82, 2.24) is 9.62 Å². The number of amides is 1. The zero-order valence-corrected chi connectivity index (χ0v) is 23.4. The summed E-state index contributed by atoms with van der Waals surface area (Å²) in [7, 11) is -3.95. The third-order valence-electron chi connectivity index (χ3n) is 6.02. The van der Waals surface area contributed by atoms with Gasteiger partial charge in [-0.3, -0.25) is 4.79 Å². The molecule has 1 amide bonds. The Kier molecular flexibility index (Phi) is 13.9. The van der Waals surface area contributed by atoms with Crippen molar-refractivity contribution in [2.45, 2.75) is 24.3 Å². The summed E-state index contributed by atoms with van der Waals surface area (Å²) < 4.78 is 56.9. The van der Waals surface area contributed by atoms with Crippen molar-refractivity contribution in [2.24, 2.45) is 0 Å². The molecule has 1 aliphatic heterocycles. The Morgan fingerprint density at radius 3 is 1.69 bits per heavy atom. The maximum absolute atomic E-state index is 13.8. The summed E-state index contributed by atoms with van der Waals surface area (Å²) in [6.07, 6.45) is 0.201. The lowest BCUT2D eigenvalue weighted by Crippen LogP contribution is -2.51. The first kappa shape index (κ1) is 31.2. The predicted molar refractivity (Wildman–Crippen MR) is 146 cm³/mol. The minimum absolute atomic E-state index is 0.107. The van der Waals surface area contributed by atoms with Crippen molar-refractivity contribution >= 4 is 15.9 Å². The zero-order chi connectivity index (χ0) is 27.8. The highest BCUT2D eigenvalue weighted by Crippen LogP contribution is 2.14. The molecule has 0 unspecified atom stereocenters. The molecule has 1 aliphatic rings. The average molecular weight is 565 g/mol. The SMILES string of the molecule is Cc1ccc(S(=O)(=O)N[C@@H](Cc2ccccc2)C(=O)N2CCOCCOCCOCCOCCOCC2)cc1. The van der Waals surface area contributed by atoms with Gasteiger partial charge in [-0.15, -0.1) is 0 Å². The molecule has 1 heterocycles. The van der Waals surface area contributed by atoms with E-state index in [0.29, 0.717) is 52.9 Å². The summed E-state index contributed by atoms with van der Waals surface area (Å²) in [5, 5.41) is 0. The van der Waals surface area contributed by atoms with E-state index in [4.69, 9.17) is 23.7 Å². The number of carbonyl (C=O) groups excluding carboxylic acids is 1. The lowest BCUT2D eigenvalue weighted by atomic mass is 10.1. The van der Waals surface area contributed by atoms with Crippen LogP contribution in [0.3, 0.4) is 0 Å². The molecule has 0 radical (unpaired) electrons. The van der Waals surface area contributed by atoms with Crippen LogP contribution in [-0.2, 0) is 44.9 Å². The van der Waals surface area contributed by atoms with Crippen LogP contribution in [0, 0.1) is 6.92 Å². The number of carbonyl (C=O) groups is 1. The molecule has 1 atom stereocenters. The van der Waals surface area contributed by atoms with Gasteiger partial charge in [-0.2, -0.15) is 4.72 Å². The van der Waals surface area contributed by atoms with Crippen molar-refractivity contribution in [3.05, 3.63) is 65.7 Å². The van der Waals surface area contributed by atoms with Gasteiger partial charge in [0, 0.05) is 13.1 Å². The summed E-state index contributed by atoms with van der Waals surface area (Å²) in [4.78, 5) is 15.5. The van der Waals surface area contributed by atoms with Gasteiger partial charge in [0.2, 0.25) is 15.9 Å². The second kappa shape index (κ2) is 17.3. The highest BCUT2D eigenvalue weighted by Gasteiger charge is 2.29. The zero-order valence-electron chi connectivity index (χ0n) is 22.6. The largest absolute Gasteiger partial charge is 0.377 e. The first-order valence-corrected chi connectivity index (χ1v) is 14.7. The normalized spacial score (nSPS) is 18.5. The van der Waals surface area contributed by atoms with E-state index in [1.54, 1.807) is 17.0 Å². The Morgan fingerprint density at radius 2 is 1.21 bits per heavy atom. The van der Waals surface area contributed by atoms with Crippen LogP contribution >= 0.6 is 0 Å².